The lowest BCUT2D eigenvalue weighted by atomic mass is 10.1. The van der Waals surface area contributed by atoms with Gasteiger partial charge >= 0.3 is 5.97 Å². The number of nitrogens with one attached hydrogen (secondary N) is 1. The van der Waals surface area contributed by atoms with Crippen molar-refractivity contribution in [3.8, 4) is 0 Å². The molecule has 1 aromatic carbocycles. The second kappa shape index (κ2) is 9.33. The first-order valence-electron chi connectivity index (χ1n) is 8.91. The van der Waals surface area contributed by atoms with Crippen molar-refractivity contribution in [3.05, 3.63) is 29.8 Å². The van der Waals surface area contributed by atoms with Crippen LogP contribution in [0.15, 0.2) is 24.3 Å². The normalized spacial score (nSPS) is 16.8. The van der Waals surface area contributed by atoms with Crippen LogP contribution in [0.25, 0.3) is 0 Å². The lowest BCUT2D eigenvalue weighted by Crippen LogP contribution is -2.30. The minimum Gasteiger partial charge on any atom is -0.462 e. The van der Waals surface area contributed by atoms with E-state index in [2.05, 4.69) is 10.2 Å². The van der Waals surface area contributed by atoms with Crippen LogP contribution in [0.4, 0.5) is 5.69 Å². The van der Waals surface area contributed by atoms with Crippen LogP contribution in [0.1, 0.15) is 30.1 Å². The van der Waals surface area contributed by atoms with Crippen molar-refractivity contribution in [1.82, 2.24) is 9.80 Å². The lowest BCUT2D eigenvalue weighted by Gasteiger charge is -2.18. The summed E-state index contributed by atoms with van der Waals surface area (Å²) in [6.45, 7) is 4.11. The van der Waals surface area contributed by atoms with Crippen molar-refractivity contribution >= 4 is 23.5 Å². The maximum absolute atomic E-state index is 12.4. The molecule has 1 atom stereocenters. The third-order valence-corrected chi connectivity index (χ3v) is 4.28. The Morgan fingerprint density at radius 1 is 1.27 bits per heavy atom. The van der Waals surface area contributed by atoms with E-state index >= 15 is 0 Å². The number of hydrogen-bond donors (Lipinski definition) is 1. The standard InChI is InChI=1S/C19H27N3O4/c1-4-26-19(25)14-6-8-16(9-7-14)20-18(24)15-12-17(23)22(13-15)11-5-10-21(2)3/h6-9,15H,4-5,10-13H2,1-3H3,(H,20,24). The predicted molar refractivity (Wildman–Crippen MR) is 98.9 cm³/mol. The van der Waals surface area contributed by atoms with E-state index in [0.717, 1.165) is 13.0 Å². The van der Waals surface area contributed by atoms with Crippen molar-refractivity contribution in [3.63, 3.8) is 0 Å². The number of nitrogens with zero attached hydrogens (tertiary/aromatic N) is 2. The van der Waals surface area contributed by atoms with Crippen LogP contribution in [-0.2, 0) is 14.3 Å². The van der Waals surface area contributed by atoms with E-state index < -0.39 is 0 Å². The van der Waals surface area contributed by atoms with E-state index in [1.165, 1.54) is 0 Å². The molecule has 0 saturated carbocycles. The number of rotatable bonds is 8. The van der Waals surface area contributed by atoms with E-state index in [-0.39, 0.29) is 30.1 Å². The zero-order chi connectivity index (χ0) is 19.1. The first-order valence-corrected chi connectivity index (χ1v) is 8.91. The maximum atomic E-state index is 12.4. The zero-order valence-corrected chi connectivity index (χ0v) is 15.7. The fourth-order valence-corrected chi connectivity index (χ4v) is 2.89. The molecule has 2 amide bonds. The average Bonchev–Trinajstić information content (AvgIpc) is 2.96. The summed E-state index contributed by atoms with van der Waals surface area (Å²) < 4.78 is 4.93. The Balaban J connectivity index is 1.86. The summed E-state index contributed by atoms with van der Waals surface area (Å²) in [5.74, 6) is -0.870. The van der Waals surface area contributed by atoms with Gasteiger partial charge in [-0.2, -0.15) is 0 Å². The molecule has 1 unspecified atom stereocenters. The van der Waals surface area contributed by atoms with Crippen molar-refractivity contribution < 1.29 is 19.1 Å². The second-order valence-electron chi connectivity index (χ2n) is 6.68. The van der Waals surface area contributed by atoms with E-state index in [4.69, 9.17) is 4.74 Å². The van der Waals surface area contributed by atoms with Gasteiger partial charge in [0.1, 0.15) is 0 Å². The fourth-order valence-electron chi connectivity index (χ4n) is 2.89. The molecule has 1 N–H and O–H groups in total. The SMILES string of the molecule is CCOC(=O)c1ccc(NC(=O)C2CC(=O)N(CCCN(C)C)C2)cc1. The van der Waals surface area contributed by atoms with Crippen molar-refractivity contribution in [1.29, 1.82) is 0 Å². The summed E-state index contributed by atoms with van der Waals surface area (Å²) in [5.41, 5.74) is 1.04. The maximum Gasteiger partial charge on any atom is 0.338 e. The Labute approximate surface area is 154 Å². The number of carbonyl (C=O) groups is 3. The molecule has 7 nitrogen and oxygen atoms in total. The van der Waals surface area contributed by atoms with Crippen molar-refractivity contribution in [2.45, 2.75) is 19.8 Å². The van der Waals surface area contributed by atoms with Gasteiger partial charge in [0.05, 0.1) is 18.1 Å². The topological polar surface area (TPSA) is 78.9 Å². The summed E-state index contributed by atoms with van der Waals surface area (Å²) in [6.07, 6.45) is 1.14. The number of ether oxygens (including phenoxy) is 1. The van der Waals surface area contributed by atoms with Gasteiger partial charge in [-0.1, -0.05) is 0 Å². The van der Waals surface area contributed by atoms with Gasteiger partial charge in [-0.15, -0.1) is 0 Å². The number of anilines is 1. The molecule has 1 saturated heterocycles. The van der Waals surface area contributed by atoms with Gasteiger partial charge in [-0.05, 0) is 58.3 Å². The number of hydrogen-bond acceptors (Lipinski definition) is 5. The van der Waals surface area contributed by atoms with Crippen LogP contribution in [0.5, 0.6) is 0 Å². The van der Waals surface area contributed by atoms with Gasteiger partial charge in [0.2, 0.25) is 11.8 Å². The fraction of sp³-hybridized carbons (Fsp3) is 0.526. The van der Waals surface area contributed by atoms with Crippen molar-refractivity contribution in [2.24, 2.45) is 5.92 Å². The Morgan fingerprint density at radius 3 is 2.58 bits per heavy atom. The molecule has 0 radical (unpaired) electrons. The van der Waals surface area contributed by atoms with Crippen LogP contribution in [0.3, 0.4) is 0 Å². The Kier molecular flexibility index (Phi) is 7.15. The molecule has 142 valence electrons. The zero-order valence-electron chi connectivity index (χ0n) is 15.7. The summed E-state index contributed by atoms with van der Waals surface area (Å²) in [4.78, 5) is 40.0. The number of benzene rings is 1. The highest BCUT2D eigenvalue weighted by molar-refractivity contribution is 5.97. The van der Waals surface area contributed by atoms with Gasteiger partial charge in [0.15, 0.2) is 0 Å². The number of carbonyl (C=O) groups excluding carboxylic acids is 3. The number of likely N-dealkylation sites (tertiary alicyclic amines) is 1. The summed E-state index contributed by atoms with van der Waals surface area (Å²) in [7, 11) is 3.99. The number of amides is 2. The predicted octanol–water partition coefficient (Wildman–Crippen LogP) is 1.60. The largest absolute Gasteiger partial charge is 0.462 e. The molecule has 0 bridgehead atoms. The Bertz CT molecular complexity index is 643. The molecule has 0 aromatic heterocycles. The van der Waals surface area contributed by atoms with Gasteiger partial charge < -0.3 is 19.9 Å². The molecule has 1 heterocycles. The van der Waals surface area contributed by atoms with Crippen molar-refractivity contribution in [2.75, 3.05) is 45.7 Å². The minimum atomic E-state index is -0.389. The van der Waals surface area contributed by atoms with Crippen LogP contribution >= 0.6 is 0 Å². The highest BCUT2D eigenvalue weighted by atomic mass is 16.5. The molecule has 0 aliphatic carbocycles. The second-order valence-corrected chi connectivity index (χ2v) is 6.68. The molecule has 0 spiro atoms. The molecule has 2 rings (SSSR count). The monoisotopic (exact) mass is 361 g/mol. The van der Waals surface area contributed by atoms with Gasteiger partial charge in [-0.25, -0.2) is 4.79 Å². The first-order chi connectivity index (χ1) is 12.4. The molecule has 7 heteroatoms. The summed E-state index contributed by atoms with van der Waals surface area (Å²) in [5, 5.41) is 2.82. The first kappa shape index (κ1) is 19.9. The molecular weight excluding hydrogens is 334 g/mol. The molecular formula is C19H27N3O4. The molecule has 1 aliphatic rings. The Hall–Kier alpha value is -2.41. The average molecular weight is 361 g/mol. The van der Waals surface area contributed by atoms with E-state index in [9.17, 15) is 14.4 Å². The van der Waals surface area contributed by atoms with Gasteiger partial charge in [0.25, 0.3) is 0 Å². The number of esters is 1. The Morgan fingerprint density at radius 2 is 1.96 bits per heavy atom. The summed E-state index contributed by atoms with van der Waals surface area (Å²) >= 11 is 0. The molecule has 26 heavy (non-hydrogen) atoms. The van der Waals surface area contributed by atoms with Crippen LogP contribution in [0.2, 0.25) is 0 Å². The van der Waals surface area contributed by atoms with E-state index in [1.807, 2.05) is 14.1 Å². The van der Waals surface area contributed by atoms with Gasteiger partial charge in [-0.3, -0.25) is 9.59 Å². The van der Waals surface area contributed by atoms with Crippen LogP contribution < -0.4 is 5.32 Å². The quantitative estimate of drug-likeness (QED) is 0.712. The molecule has 1 aliphatic heterocycles. The van der Waals surface area contributed by atoms with Gasteiger partial charge in [0, 0.05) is 25.2 Å². The lowest BCUT2D eigenvalue weighted by molar-refractivity contribution is -0.128. The van der Waals surface area contributed by atoms with E-state index in [0.29, 0.717) is 30.9 Å². The van der Waals surface area contributed by atoms with E-state index in [1.54, 1.807) is 36.1 Å². The highest BCUT2D eigenvalue weighted by Gasteiger charge is 2.33. The third kappa shape index (κ3) is 5.56. The summed E-state index contributed by atoms with van der Waals surface area (Å²) in [6, 6.07) is 6.55. The third-order valence-electron chi connectivity index (χ3n) is 4.28. The smallest absolute Gasteiger partial charge is 0.338 e. The van der Waals surface area contributed by atoms with Crippen LogP contribution in [-0.4, -0.2) is 67.9 Å². The molecule has 1 fully saturated rings. The highest BCUT2D eigenvalue weighted by Crippen LogP contribution is 2.20. The minimum absolute atomic E-state index is 0.0292. The van der Waals surface area contributed by atoms with Crippen LogP contribution in [0, 0.1) is 5.92 Å². The molecule has 1 aromatic rings.